The Hall–Kier alpha value is -2.14. The minimum atomic E-state index is -0.344. The van der Waals surface area contributed by atoms with Crippen molar-refractivity contribution in [3.63, 3.8) is 0 Å². The van der Waals surface area contributed by atoms with E-state index in [1.807, 2.05) is 24.3 Å². The van der Waals surface area contributed by atoms with Crippen molar-refractivity contribution in [3.8, 4) is 5.75 Å². The number of hydrogen-bond acceptors (Lipinski definition) is 3. The van der Waals surface area contributed by atoms with Crippen molar-refractivity contribution in [1.29, 1.82) is 0 Å². The standard InChI is InChI=1S/C25H28ClFN2O/c1-2-29-14-6-8-19(29)15-28-16-21-20-9-4-3-7-18(20)12-13-25(21)30-17-22-23(26)10-5-11-24(22)27/h3-5,7,9-13,19,28H,2,6,8,14-17H2,1H3/t19-/m1/s1. The first-order valence-electron chi connectivity index (χ1n) is 10.7. The topological polar surface area (TPSA) is 24.5 Å². The Morgan fingerprint density at radius 1 is 1.10 bits per heavy atom. The molecule has 5 heteroatoms. The molecule has 0 amide bonds. The summed E-state index contributed by atoms with van der Waals surface area (Å²) in [6.07, 6.45) is 2.51. The molecule has 1 aliphatic heterocycles. The third-order valence-corrected chi connectivity index (χ3v) is 6.37. The summed E-state index contributed by atoms with van der Waals surface area (Å²) >= 11 is 6.18. The minimum Gasteiger partial charge on any atom is -0.488 e. The van der Waals surface area contributed by atoms with Crippen LogP contribution in [0.15, 0.2) is 54.6 Å². The molecule has 1 fully saturated rings. The highest BCUT2D eigenvalue weighted by Gasteiger charge is 2.22. The summed E-state index contributed by atoms with van der Waals surface area (Å²) in [6.45, 7) is 6.27. The van der Waals surface area contributed by atoms with Crippen LogP contribution < -0.4 is 10.1 Å². The molecule has 0 spiro atoms. The number of fused-ring (bicyclic) bond motifs is 1. The first kappa shape index (κ1) is 21.1. The Kier molecular flexibility index (Phi) is 6.88. The van der Waals surface area contributed by atoms with Gasteiger partial charge >= 0.3 is 0 Å². The van der Waals surface area contributed by atoms with Gasteiger partial charge in [-0.15, -0.1) is 0 Å². The van der Waals surface area contributed by atoms with E-state index in [-0.39, 0.29) is 12.4 Å². The first-order chi connectivity index (χ1) is 14.7. The summed E-state index contributed by atoms with van der Waals surface area (Å²) in [7, 11) is 0. The number of benzene rings is 3. The van der Waals surface area contributed by atoms with Crippen molar-refractivity contribution in [2.24, 2.45) is 0 Å². The van der Waals surface area contributed by atoms with Gasteiger partial charge in [-0.2, -0.15) is 0 Å². The fraction of sp³-hybridized carbons (Fsp3) is 0.360. The second kappa shape index (κ2) is 9.78. The molecule has 0 saturated carbocycles. The smallest absolute Gasteiger partial charge is 0.131 e. The van der Waals surface area contributed by atoms with E-state index in [2.05, 4.69) is 29.3 Å². The minimum absolute atomic E-state index is 0.100. The van der Waals surface area contributed by atoms with E-state index in [1.54, 1.807) is 12.1 Å². The maximum absolute atomic E-state index is 14.2. The number of nitrogens with zero attached hydrogens (tertiary/aromatic N) is 1. The molecular weight excluding hydrogens is 399 g/mol. The van der Waals surface area contributed by atoms with Gasteiger partial charge in [0.25, 0.3) is 0 Å². The summed E-state index contributed by atoms with van der Waals surface area (Å²) in [5.74, 6) is 0.420. The number of hydrogen-bond donors (Lipinski definition) is 1. The number of likely N-dealkylation sites (N-methyl/N-ethyl adjacent to an activating group) is 1. The third-order valence-electron chi connectivity index (χ3n) is 6.02. The van der Waals surface area contributed by atoms with Crippen molar-refractivity contribution in [3.05, 3.63) is 76.6 Å². The molecule has 4 rings (SSSR count). The first-order valence-corrected chi connectivity index (χ1v) is 11.1. The number of nitrogens with one attached hydrogen (secondary N) is 1. The molecule has 0 aromatic heterocycles. The van der Waals surface area contributed by atoms with Gasteiger partial charge in [0, 0.05) is 30.3 Å². The maximum atomic E-state index is 14.2. The normalized spacial score (nSPS) is 17.0. The highest BCUT2D eigenvalue weighted by Crippen LogP contribution is 2.30. The quantitative estimate of drug-likeness (QED) is 0.493. The summed E-state index contributed by atoms with van der Waals surface area (Å²) in [4.78, 5) is 2.54. The van der Waals surface area contributed by atoms with Gasteiger partial charge in [-0.25, -0.2) is 4.39 Å². The molecule has 1 saturated heterocycles. The monoisotopic (exact) mass is 426 g/mol. The Balaban J connectivity index is 1.53. The number of likely N-dealkylation sites (tertiary alicyclic amines) is 1. The maximum Gasteiger partial charge on any atom is 0.131 e. The van der Waals surface area contributed by atoms with Crippen molar-refractivity contribution in [2.45, 2.75) is 39.0 Å². The van der Waals surface area contributed by atoms with E-state index in [0.717, 1.165) is 29.8 Å². The van der Waals surface area contributed by atoms with Crippen LogP contribution in [0.25, 0.3) is 10.8 Å². The van der Waals surface area contributed by atoms with E-state index < -0.39 is 0 Å². The molecule has 0 unspecified atom stereocenters. The van der Waals surface area contributed by atoms with Crippen LogP contribution in [0.4, 0.5) is 4.39 Å². The molecule has 158 valence electrons. The molecule has 1 atom stereocenters. The van der Waals surface area contributed by atoms with Crippen LogP contribution in [0, 0.1) is 5.82 Å². The molecule has 30 heavy (non-hydrogen) atoms. The zero-order valence-corrected chi connectivity index (χ0v) is 18.1. The third kappa shape index (κ3) is 4.61. The SMILES string of the molecule is CCN1CCC[C@@H]1CNCc1c(OCc2c(F)cccc2Cl)ccc2ccccc12. The van der Waals surface area contributed by atoms with Crippen LogP contribution >= 0.6 is 11.6 Å². The highest BCUT2D eigenvalue weighted by atomic mass is 35.5. The van der Waals surface area contributed by atoms with E-state index in [9.17, 15) is 4.39 Å². The molecule has 3 aromatic carbocycles. The number of halogens is 2. The van der Waals surface area contributed by atoms with Gasteiger partial charge < -0.3 is 10.1 Å². The van der Waals surface area contributed by atoms with Crippen LogP contribution in [-0.4, -0.2) is 30.6 Å². The van der Waals surface area contributed by atoms with Gasteiger partial charge in [0.2, 0.25) is 0 Å². The lowest BCUT2D eigenvalue weighted by Gasteiger charge is -2.23. The van der Waals surface area contributed by atoms with Crippen molar-refractivity contribution in [1.82, 2.24) is 10.2 Å². The van der Waals surface area contributed by atoms with Crippen LogP contribution in [0.3, 0.4) is 0 Å². The summed E-state index contributed by atoms with van der Waals surface area (Å²) < 4.78 is 20.3. The number of rotatable bonds is 8. The van der Waals surface area contributed by atoms with Gasteiger partial charge in [-0.3, -0.25) is 4.90 Å². The van der Waals surface area contributed by atoms with E-state index >= 15 is 0 Å². The summed E-state index contributed by atoms with van der Waals surface area (Å²) in [5.41, 5.74) is 1.48. The van der Waals surface area contributed by atoms with E-state index in [1.165, 1.54) is 30.8 Å². The molecule has 0 radical (unpaired) electrons. The van der Waals surface area contributed by atoms with Gasteiger partial charge in [0.1, 0.15) is 18.2 Å². The summed E-state index contributed by atoms with van der Waals surface area (Å²) in [5, 5.41) is 6.35. The Morgan fingerprint density at radius 3 is 2.80 bits per heavy atom. The average molecular weight is 427 g/mol. The van der Waals surface area contributed by atoms with Gasteiger partial charge in [-0.05, 0) is 54.9 Å². The largest absolute Gasteiger partial charge is 0.488 e. The van der Waals surface area contributed by atoms with Crippen LogP contribution in [0.1, 0.15) is 30.9 Å². The van der Waals surface area contributed by atoms with Crippen molar-refractivity contribution in [2.75, 3.05) is 19.6 Å². The van der Waals surface area contributed by atoms with Crippen LogP contribution in [-0.2, 0) is 13.2 Å². The molecular formula is C25H28ClFN2O. The molecule has 3 nitrogen and oxygen atoms in total. The molecule has 1 N–H and O–H groups in total. The average Bonchev–Trinajstić information content (AvgIpc) is 3.22. The Labute approximate surface area is 182 Å². The number of ether oxygens (including phenoxy) is 1. The summed E-state index contributed by atoms with van der Waals surface area (Å²) in [6, 6.07) is 17.6. The fourth-order valence-electron chi connectivity index (χ4n) is 4.36. The fourth-order valence-corrected chi connectivity index (χ4v) is 4.58. The predicted molar refractivity (Wildman–Crippen MR) is 122 cm³/mol. The van der Waals surface area contributed by atoms with E-state index in [0.29, 0.717) is 23.2 Å². The molecule has 1 heterocycles. The van der Waals surface area contributed by atoms with Crippen molar-refractivity contribution >= 4 is 22.4 Å². The van der Waals surface area contributed by atoms with Gasteiger partial charge in [-0.1, -0.05) is 54.9 Å². The lowest BCUT2D eigenvalue weighted by Crippen LogP contribution is -2.37. The molecule has 1 aliphatic rings. The van der Waals surface area contributed by atoms with Crippen LogP contribution in [0.5, 0.6) is 5.75 Å². The van der Waals surface area contributed by atoms with E-state index in [4.69, 9.17) is 16.3 Å². The molecule has 0 bridgehead atoms. The Bertz CT molecular complexity index is 989. The van der Waals surface area contributed by atoms with Gasteiger partial charge in [0.15, 0.2) is 0 Å². The Morgan fingerprint density at radius 2 is 1.97 bits per heavy atom. The highest BCUT2D eigenvalue weighted by molar-refractivity contribution is 6.31. The zero-order valence-electron chi connectivity index (χ0n) is 17.3. The lowest BCUT2D eigenvalue weighted by molar-refractivity contribution is 0.259. The second-order valence-corrected chi connectivity index (χ2v) is 8.22. The predicted octanol–water partition coefficient (Wildman–Crippen LogP) is 5.79. The molecule has 0 aliphatic carbocycles. The lowest BCUT2D eigenvalue weighted by atomic mass is 10.0. The van der Waals surface area contributed by atoms with Crippen molar-refractivity contribution < 1.29 is 9.13 Å². The van der Waals surface area contributed by atoms with Crippen LogP contribution in [0.2, 0.25) is 5.02 Å². The van der Waals surface area contributed by atoms with Gasteiger partial charge in [0.05, 0.1) is 5.02 Å². The molecule has 3 aromatic rings. The zero-order chi connectivity index (χ0) is 20.9. The second-order valence-electron chi connectivity index (χ2n) is 7.81.